The summed E-state index contributed by atoms with van der Waals surface area (Å²) in [5.41, 5.74) is 0.212. The Morgan fingerprint density at radius 2 is 2.04 bits per heavy atom. The van der Waals surface area contributed by atoms with Crippen LogP contribution in [0.3, 0.4) is 0 Å². The fourth-order valence-corrected chi connectivity index (χ4v) is 3.53. The molecule has 0 spiro atoms. The molecule has 1 saturated heterocycles. The predicted octanol–water partition coefficient (Wildman–Crippen LogP) is 1.05. The number of hydrogen-bond donors (Lipinski definition) is 2. The molecule has 0 radical (unpaired) electrons. The zero-order valence-electron chi connectivity index (χ0n) is 14.3. The lowest BCUT2D eigenvalue weighted by atomic mass is 9.86. The number of nitrogens with one attached hydrogen (secondary N) is 2. The number of carbonyl (C=O) groups is 2. The molecule has 0 bridgehead atoms. The molecule has 130 valence electrons. The van der Waals surface area contributed by atoms with Gasteiger partial charge in [0.25, 0.3) is 0 Å². The number of hydrogen-bond acceptors (Lipinski definition) is 4. The van der Waals surface area contributed by atoms with Gasteiger partial charge in [-0.1, -0.05) is 6.08 Å². The van der Waals surface area contributed by atoms with Crippen molar-refractivity contribution in [2.24, 2.45) is 7.05 Å². The maximum atomic E-state index is 12.5. The zero-order chi connectivity index (χ0) is 17.2. The van der Waals surface area contributed by atoms with Gasteiger partial charge in [0.1, 0.15) is 11.4 Å². The highest BCUT2D eigenvalue weighted by Gasteiger charge is 2.42. The average molecular weight is 331 g/mol. The number of amides is 2. The van der Waals surface area contributed by atoms with Gasteiger partial charge in [-0.3, -0.25) is 14.3 Å². The van der Waals surface area contributed by atoms with Gasteiger partial charge in [0.15, 0.2) is 0 Å². The predicted molar refractivity (Wildman–Crippen MR) is 91.4 cm³/mol. The van der Waals surface area contributed by atoms with Crippen LogP contribution in [0.15, 0.2) is 23.9 Å². The molecular formula is C17H25N5O2. The molecule has 0 unspecified atom stereocenters. The average Bonchev–Trinajstić information content (AvgIpc) is 3.26. The maximum Gasteiger partial charge on any atom is 0.249 e. The number of piperidine rings is 1. The van der Waals surface area contributed by atoms with Crippen LogP contribution >= 0.6 is 0 Å². The van der Waals surface area contributed by atoms with Gasteiger partial charge in [0, 0.05) is 45.0 Å². The molecule has 2 amide bonds. The number of likely N-dealkylation sites (N-methyl/N-ethyl adjacent to an activating group) is 1. The fourth-order valence-electron chi connectivity index (χ4n) is 3.53. The number of anilines is 1. The van der Waals surface area contributed by atoms with Crippen LogP contribution in [0, 0.1) is 0 Å². The van der Waals surface area contributed by atoms with Gasteiger partial charge in [-0.2, -0.15) is 5.10 Å². The highest BCUT2D eigenvalue weighted by atomic mass is 16.2. The van der Waals surface area contributed by atoms with E-state index in [1.807, 2.05) is 24.2 Å². The minimum atomic E-state index is -0.718. The molecule has 7 heteroatoms. The first-order chi connectivity index (χ1) is 11.5. The molecule has 2 N–H and O–H groups in total. The van der Waals surface area contributed by atoms with E-state index in [-0.39, 0.29) is 11.8 Å². The number of aryl methyl sites for hydroxylation is 1. The lowest BCUT2D eigenvalue weighted by molar-refractivity contribution is -0.133. The van der Waals surface area contributed by atoms with Crippen molar-refractivity contribution < 1.29 is 9.59 Å². The molecule has 7 nitrogen and oxygen atoms in total. The Morgan fingerprint density at radius 3 is 2.58 bits per heavy atom. The fraction of sp³-hybridized carbons (Fsp3) is 0.588. The smallest absolute Gasteiger partial charge is 0.249 e. The second-order valence-electron chi connectivity index (χ2n) is 6.57. The van der Waals surface area contributed by atoms with Gasteiger partial charge in [-0.15, -0.1) is 0 Å². The van der Waals surface area contributed by atoms with Crippen molar-refractivity contribution in [3.8, 4) is 0 Å². The van der Waals surface area contributed by atoms with E-state index >= 15 is 0 Å². The number of allylic oxidation sites excluding steroid dienone is 1. The van der Waals surface area contributed by atoms with E-state index in [0.717, 1.165) is 24.8 Å². The summed E-state index contributed by atoms with van der Waals surface area (Å²) in [7, 11) is 3.49. The Labute approximate surface area is 142 Å². The van der Waals surface area contributed by atoms with Crippen LogP contribution in [-0.2, 0) is 16.6 Å². The van der Waals surface area contributed by atoms with Crippen molar-refractivity contribution in [1.29, 1.82) is 0 Å². The van der Waals surface area contributed by atoms with Crippen molar-refractivity contribution in [3.05, 3.63) is 23.9 Å². The Bertz CT molecular complexity index is 656. The lowest BCUT2D eigenvalue weighted by Gasteiger charge is -2.41. The summed E-state index contributed by atoms with van der Waals surface area (Å²) in [5.74, 6) is 0.760. The Morgan fingerprint density at radius 1 is 1.29 bits per heavy atom. The van der Waals surface area contributed by atoms with E-state index in [1.54, 1.807) is 11.7 Å². The molecule has 0 atom stereocenters. The molecule has 2 aliphatic rings. The van der Waals surface area contributed by atoms with Gasteiger partial charge < -0.3 is 15.5 Å². The number of likely N-dealkylation sites (tertiary alicyclic amines) is 1. The van der Waals surface area contributed by atoms with Gasteiger partial charge in [-0.25, -0.2) is 0 Å². The molecular weight excluding hydrogens is 306 g/mol. The zero-order valence-corrected chi connectivity index (χ0v) is 14.3. The summed E-state index contributed by atoms with van der Waals surface area (Å²) < 4.78 is 1.70. The molecule has 0 aromatic carbocycles. The molecule has 2 heterocycles. The van der Waals surface area contributed by atoms with Crippen molar-refractivity contribution >= 4 is 17.6 Å². The first-order valence-corrected chi connectivity index (χ1v) is 8.52. The number of carbonyl (C=O) groups excluding carboxylic acids is 2. The monoisotopic (exact) mass is 331 g/mol. The van der Waals surface area contributed by atoms with Crippen LogP contribution in [0.2, 0.25) is 0 Å². The van der Waals surface area contributed by atoms with Gasteiger partial charge in [0.2, 0.25) is 11.8 Å². The van der Waals surface area contributed by atoms with Crippen molar-refractivity contribution in [3.63, 3.8) is 0 Å². The Kier molecular flexibility index (Phi) is 4.59. The molecule has 3 rings (SSSR count). The third kappa shape index (κ3) is 3.16. The standard InChI is InChI=1S/C17H25N5O2/c1-18-16(24)17(19-14-7-10-21(2)20-14)8-11-22(12-9-17)15(23)13-5-3-4-6-13/h5,7,10H,3-4,6,8-9,11-12H2,1-2H3,(H,18,24)(H,19,20). The molecule has 1 aliphatic heterocycles. The van der Waals surface area contributed by atoms with E-state index < -0.39 is 5.54 Å². The molecule has 1 aromatic rings. The van der Waals surface area contributed by atoms with Crippen LogP contribution in [0.4, 0.5) is 5.82 Å². The SMILES string of the molecule is CNC(=O)C1(Nc2ccn(C)n2)CCN(C(=O)C2=CCCC2)CC1. The second kappa shape index (κ2) is 6.67. The van der Waals surface area contributed by atoms with Crippen molar-refractivity contribution in [1.82, 2.24) is 20.0 Å². The number of aromatic nitrogens is 2. The molecule has 0 saturated carbocycles. The number of rotatable bonds is 4. The van der Waals surface area contributed by atoms with Crippen molar-refractivity contribution in [2.75, 3.05) is 25.5 Å². The summed E-state index contributed by atoms with van der Waals surface area (Å²) in [6.45, 7) is 1.15. The van der Waals surface area contributed by atoms with Crippen LogP contribution in [0.5, 0.6) is 0 Å². The van der Waals surface area contributed by atoms with Crippen molar-refractivity contribution in [2.45, 2.75) is 37.6 Å². The van der Waals surface area contributed by atoms with E-state index in [4.69, 9.17) is 0 Å². The minimum absolute atomic E-state index is 0.0552. The summed E-state index contributed by atoms with van der Waals surface area (Å²) in [6, 6.07) is 1.85. The van der Waals surface area contributed by atoms with Gasteiger partial charge in [-0.05, 0) is 32.1 Å². The topological polar surface area (TPSA) is 79.3 Å². The highest BCUT2D eigenvalue weighted by Crippen LogP contribution is 2.29. The third-order valence-electron chi connectivity index (χ3n) is 4.96. The largest absolute Gasteiger partial charge is 0.357 e. The van der Waals surface area contributed by atoms with E-state index in [0.29, 0.717) is 31.7 Å². The summed E-state index contributed by atoms with van der Waals surface area (Å²) in [4.78, 5) is 26.9. The first-order valence-electron chi connectivity index (χ1n) is 8.52. The Hall–Kier alpha value is -2.31. The highest BCUT2D eigenvalue weighted by molar-refractivity contribution is 5.94. The maximum absolute atomic E-state index is 12.5. The summed E-state index contributed by atoms with van der Waals surface area (Å²) >= 11 is 0. The van der Waals surface area contributed by atoms with E-state index in [2.05, 4.69) is 21.8 Å². The molecule has 1 fully saturated rings. The normalized spacial score (nSPS) is 19.8. The van der Waals surface area contributed by atoms with Gasteiger partial charge >= 0.3 is 0 Å². The van der Waals surface area contributed by atoms with Crippen LogP contribution in [-0.4, -0.2) is 52.2 Å². The van der Waals surface area contributed by atoms with Crippen LogP contribution in [0.1, 0.15) is 32.1 Å². The minimum Gasteiger partial charge on any atom is -0.357 e. The molecule has 24 heavy (non-hydrogen) atoms. The Balaban J connectivity index is 1.70. The quantitative estimate of drug-likeness (QED) is 0.864. The summed E-state index contributed by atoms with van der Waals surface area (Å²) in [6.07, 6.45) is 7.98. The molecule has 1 aromatic heterocycles. The number of nitrogens with zero attached hydrogens (tertiary/aromatic N) is 3. The third-order valence-corrected chi connectivity index (χ3v) is 4.96. The van der Waals surface area contributed by atoms with Crippen LogP contribution in [0.25, 0.3) is 0 Å². The van der Waals surface area contributed by atoms with Crippen LogP contribution < -0.4 is 10.6 Å². The lowest BCUT2D eigenvalue weighted by Crippen LogP contribution is -2.58. The van der Waals surface area contributed by atoms with E-state index in [9.17, 15) is 9.59 Å². The summed E-state index contributed by atoms with van der Waals surface area (Å²) in [5, 5.41) is 10.4. The second-order valence-corrected chi connectivity index (χ2v) is 6.57. The van der Waals surface area contributed by atoms with Gasteiger partial charge in [0.05, 0.1) is 0 Å². The van der Waals surface area contributed by atoms with E-state index in [1.165, 1.54) is 0 Å². The first kappa shape index (κ1) is 16.5. The molecule has 1 aliphatic carbocycles.